The van der Waals surface area contributed by atoms with Gasteiger partial charge in [-0.15, -0.1) is 0 Å². The van der Waals surface area contributed by atoms with Crippen molar-refractivity contribution in [3.63, 3.8) is 0 Å². The first-order chi connectivity index (χ1) is 9.40. The van der Waals surface area contributed by atoms with Gasteiger partial charge in [-0.05, 0) is 24.6 Å². The predicted octanol–water partition coefficient (Wildman–Crippen LogP) is -0.461. The fourth-order valence-electron chi connectivity index (χ4n) is 2.00. The van der Waals surface area contributed by atoms with Crippen LogP contribution in [0.2, 0.25) is 0 Å². The Morgan fingerprint density at radius 1 is 1.30 bits per heavy atom. The summed E-state index contributed by atoms with van der Waals surface area (Å²) in [5.41, 5.74) is 1.06. The van der Waals surface area contributed by atoms with E-state index < -0.39 is 24.5 Å². The lowest BCUT2D eigenvalue weighted by Gasteiger charge is -2.36. The minimum absolute atomic E-state index is 0.0564. The number of aliphatic hydroxyl groups is 3. The molecule has 0 aromatic heterocycles. The van der Waals surface area contributed by atoms with Crippen LogP contribution < -0.4 is 10.5 Å². The van der Waals surface area contributed by atoms with Crippen LogP contribution in [0.25, 0.3) is 0 Å². The number of aliphatic hydroxyl groups excluding tert-OH is 3. The van der Waals surface area contributed by atoms with Gasteiger partial charge in [0.25, 0.3) is 0 Å². The van der Waals surface area contributed by atoms with Crippen LogP contribution in [0.3, 0.4) is 0 Å². The fourth-order valence-corrected chi connectivity index (χ4v) is 2.00. The average Bonchev–Trinajstić information content (AvgIpc) is 2.41. The van der Waals surface area contributed by atoms with E-state index in [0.717, 1.165) is 0 Å². The van der Waals surface area contributed by atoms with Crippen molar-refractivity contribution in [3.05, 3.63) is 29.0 Å². The summed E-state index contributed by atoms with van der Waals surface area (Å²) in [5.74, 6) is 0. The number of aryl methyl sites for hydroxylation is 1. The first-order valence-electron chi connectivity index (χ1n) is 6.09. The number of benzene rings is 1. The van der Waals surface area contributed by atoms with Gasteiger partial charge in [0.15, 0.2) is 6.23 Å². The highest BCUT2D eigenvalue weighted by Gasteiger charge is 2.37. The number of hydrogen-bond donors (Lipinski definition) is 5. The zero-order chi connectivity index (χ0) is 14.9. The van der Waals surface area contributed by atoms with Crippen molar-refractivity contribution >= 4 is 11.4 Å². The van der Waals surface area contributed by atoms with Gasteiger partial charge in [-0.25, -0.2) is 0 Å². The zero-order valence-corrected chi connectivity index (χ0v) is 10.8. The monoisotopic (exact) mass is 285 g/mol. The van der Waals surface area contributed by atoms with Crippen LogP contribution in [0.1, 0.15) is 5.56 Å². The van der Waals surface area contributed by atoms with Crippen LogP contribution >= 0.6 is 0 Å². The molecule has 0 saturated carbocycles. The highest BCUT2D eigenvalue weighted by molar-refractivity contribution is 5.61. The quantitative estimate of drug-likeness (QED) is 0.472. The molecule has 1 heterocycles. The number of hydrogen-bond acceptors (Lipinski definition) is 8. The lowest BCUT2D eigenvalue weighted by molar-refractivity contribution is -0.178. The van der Waals surface area contributed by atoms with E-state index in [1.807, 2.05) is 0 Å². The van der Waals surface area contributed by atoms with Gasteiger partial charge >= 0.3 is 0 Å². The Morgan fingerprint density at radius 2 is 2.00 bits per heavy atom. The van der Waals surface area contributed by atoms with E-state index in [1.54, 1.807) is 19.1 Å². The maximum Gasteiger partial charge on any atom is 0.156 e. The molecule has 5 N–H and O–H groups in total. The average molecular weight is 285 g/mol. The standard InChI is InChI=1S/C12H17N2O6/c1-6-2-3-7(4-8(6)14(18)19)13-12-11(17)10(16)9(15)5-20-12/h2-4,9-13,15-18H,5H2,1H3/q-1. The first-order valence-corrected chi connectivity index (χ1v) is 6.09. The second-order valence-corrected chi connectivity index (χ2v) is 4.72. The third-order valence-electron chi connectivity index (χ3n) is 3.23. The van der Waals surface area contributed by atoms with Gasteiger partial charge in [0.1, 0.15) is 18.3 Å². The molecule has 112 valence electrons. The highest BCUT2D eigenvalue weighted by Crippen LogP contribution is 2.25. The van der Waals surface area contributed by atoms with E-state index in [4.69, 9.17) is 9.94 Å². The van der Waals surface area contributed by atoms with Gasteiger partial charge in [-0.1, -0.05) is 6.07 Å². The van der Waals surface area contributed by atoms with Crippen molar-refractivity contribution in [3.8, 4) is 0 Å². The van der Waals surface area contributed by atoms with E-state index >= 15 is 0 Å². The molecular formula is C12H17N2O6-. The Balaban J connectivity index is 2.12. The number of rotatable bonds is 3. The molecule has 0 amide bonds. The SMILES string of the molecule is Cc1ccc(NC2OCC(O)C(O)C2O)cc1N([O-])O. The molecule has 2 rings (SSSR count). The van der Waals surface area contributed by atoms with Crippen LogP contribution in [0.5, 0.6) is 0 Å². The van der Waals surface area contributed by atoms with E-state index in [1.165, 1.54) is 6.07 Å². The maximum absolute atomic E-state index is 11.0. The highest BCUT2D eigenvalue weighted by atomic mass is 16.8. The van der Waals surface area contributed by atoms with Crippen molar-refractivity contribution in [1.82, 2.24) is 0 Å². The van der Waals surface area contributed by atoms with Crippen molar-refractivity contribution in [2.24, 2.45) is 0 Å². The zero-order valence-electron chi connectivity index (χ0n) is 10.8. The van der Waals surface area contributed by atoms with Gasteiger partial charge in [-0.2, -0.15) is 0 Å². The summed E-state index contributed by atoms with van der Waals surface area (Å²) in [5, 5.41) is 51.1. The Labute approximate surface area is 115 Å². The Morgan fingerprint density at radius 3 is 2.65 bits per heavy atom. The lowest BCUT2D eigenvalue weighted by Crippen LogP contribution is -2.55. The summed E-state index contributed by atoms with van der Waals surface area (Å²) in [6.45, 7) is 1.54. The summed E-state index contributed by atoms with van der Waals surface area (Å²) in [6.07, 6.45) is -4.71. The molecule has 0 spiro atoms. The summed E-state index contributed by atoms with van der Waals surface area (Å²) in [4.78, 5) is 0. The van der Waals surface area contributed by atoms with Crippen LogP contribution in [0, 0.1) is 12.1 Å². The molecule has 0 aliphatic carbocycles. The minimum Gasteiger partial charge on any atom is -0.733 e. The smallest absolute Gasteiger partial charge is 0.156 e. The minimum atomic E-state index is -1.32. The molecule has 0 radical (unpaired) electrons. The van der Waals surface area contributed by atoms with Gasteiger partial charge in [0, 0.05) is 5.69 Å². The third kappa shape index (κ3) is 3.01. The molecule has 1 aliphatic rings. The van der Waals surface area contributed by atoms with E-state index in [9.17, 15) is 20.5 Å². The number of nitrogens with one attached hydrogen (secondary N) is 1. The lowest BCUT2D eigenvalue weighted by atomic mass is 10.0. The van der Waals surface area contributed by atoms with E-state index in [-0.39, 0.29) is 17.5 Å². The molecule has 8 nitrogen and oxygen atoms in total. The topological polar surface area (TPSA) is 128 Å². The molecule has 20 heavy (non-hydrogen) atoms. The number of nitrogens with zero attached hydrogens (tertiary/aromatic N) is 1. The molecule has 1 aromatic carbocycles. The number of anilines is 2. The van der Waals surface area contributed by atoms with Gasteiger partial charge in [0.05, 0.1) is 12.3 Å². The predicted molar refractivity (Wildman–Crippen MR) is 70.2 cm³/mol. The maximum atomic E-state index is 11.0. The molecule has 1 saturated heterocycles. The largest absolute Gasteiger partial charge is 0.733 e. The molecular weight excluding hydrogens is 268 g/mol. The van der Waals surface area contributed by atoms with Gasteiger partial charge in [-0.3, -0.25) is 5.21 Å². The molecule has 8 heteroatoms. The fraction of sp³-hybridized carbons (Fsp3) is 0.500. The van der Waals surface area contributed by atoms with Crippen LogP contribution in [-0.4, -0.2) is 51.7 Å². The van der Waals surface area contributed by atoms with E-state index in [0.29, 0.717) is 11.3 Å². The normalized spacial score (nSPS) is 30.1. The Hall–Kier alpha value is -1.42. The first kappa shape index (κ1) is 15.0. The van der Waals surface area contributed by atoms with Crippen molar-refractivity contribution in [2.45, 2.75) is 31.5 Å². The van der Waals surface area contributed by atoms with E-state index in [2.05, 4.69) is 5.32 Å². The summed E-state index contributed by atoms with van der Waals surface area (Å²) >= 11 is 0. The Bertz CT molecular complexity index is 469. The summed E-state index contributed by atoms with van der Waals surface area (Å²) in [7, 11) is 0. The summed E-state index contributed by atoms with van der Waals surface area (Å²) < 4.78 is 5.18. The van der Waals surface area contributed by atoms with Crippen molar-refractivity contribution in [1.29, 1.82) is 0 Å². The second-order valence-electron chi connectivity index (χ2n) is 4.72. The van der Waals surface area contributed by atoms with Gasteiger partial charge in [0.2, 0.25) is 0 Å². The van der Waals surface area contributed by atoms with Crippen molar-refractivity contribution in [2.75, 3.05) is 17.2 Å². The molecule has 4 atom stereocenters. The van der Waals surface area contributed by atoms with Crippen LogP contribution in [0.4, 0.5) is 11.4 Å². The molecule has 0 bridgehead atoms. The summed E-state index contributed by atoms with van der Waals surface area (Å²) in [6, 6.07) is 4.63. The molecule has 1 aliphatic heterocycles. The van der Waals surface area contributed by atoms with Crippen LogP contribution in [0.15, 0.2) is 18.2 Å². The van der Waals surface area contributed by atoms with Crippen LogP contribution in [-0.2, 0) is 4.74 Å². The molecule has 4 unspecified atom stereocenters. The molecule has 1 fully saturated rings. The third-order valence-corrected chi connectivity index (χ3v) is 3.23. The number of ether oxygens (including phenoxy) is 1. The van der Waals surface area contributed by atoms with Gasteiger partial charge < -0.3 is 35.8 Å². The van der Waals surface area contributed by atoms with Crippen molar-refractivity contribution < 1.29 is 25.3 Å². The second kappa shape index (κ2) is 5.92. The Kier molecular flexibility index (Phi) is 4.43. The molecule has 1 aromatic rings.